The molecule has 10 N–H and O–H groups in total. The number of rotatable bonds is 14. The minimum Gasteiger partial charge on any atom is -0.550 e. The van der Waals surface area contributed by atoms with Gasteiger partial charge in [-0.25, -0.2) is 4.79 Å². The Morgan fingerprint density at radius 1 is 1.23 bits per heavy atom. The Hall–Kier alpha value is -2.52. The molecule has 3 rings (SSSR count). The van der Waals surface area contributed by atoms with Crippen LogP contribution in [0.15, 0.2) is 36.6 Å². The number of aliphatic hydroxyl groups excluding tert-OH is 4. The summed E-state index contributed by atoms with van der Waals surface area (Å²) in [5.41, 5.74) is -2.77. The lowest BCUT2D eigenvalue weighted by Crippen LogP contribution is -3.15. The first kappa shape index (κ1) is 36.0. The van der Waals surface area contributed by atoms with Gasteiger partial charge in [0.1, 0.15) is 36.2 Å². The topological polar surface area (TPSA) is 266 Å². The van der Waals surface area contributed by atoms with Crippen molar-refractivity contribution in [2.75, 3.05) is 53.4 Å². The molecule has 0 aromatic heterocycles. The maximum Gasteiger partial charge on any atom is 0.342 e. The van der Waals surface area contributed by atoms with Crippen molar-refractivity contribution < 1.29 is 84.3 Å². The molecule has 2 fully saturated rings. The molecule has 17 nitrogen and oxygen atoms in total. The second kappa shape index (κ2) is 15.7. The number of carboxylic acid groups (broad SMARTS) is 1. The van der Waals surface area contributed by atoms with E-state index < -0.39 is 90.9 Å². The maximum absolute atomic E-state index is 12.8. The summed E-state index contributed by atoms with van der Waals surface area (Å²) >= 11 is 0. The molecule has 0 spiro atoms. The van der Waals surface area contributed by atoms with Crippen molar-refractivity contribution in [3.8, 4) is 0 Å². The molecule has 0 saturated carbocycles. The van der Waals surface area contributed by atoms with Gasteiger partial charge >= 0.3 is 5.97 Å². The minimum atomic E-state index is -2.96. The van der Waals surface area contributed by atoms with Crippen LogP contribution >= 0.6 is 0 Å². The van der Waals surface area contributed by atoms with E-state index in [-0.39, 0.29) is 32.8 Å². The SMILES string of the molecule is C=CC1C(OC2OC(CO)C(O)C(O)(O)C2OC[NH2+]C)OC=C(C(=O)OCO)C1(O)C=CC1CC(C(=O)[O-])C[NH+](CCO)C1. The van der Waals surface area contributed by atoms with E-state index >= 15 is 0 Å². The van der Waals surface area contributed by atoms with E-state index in [1.807, 2.05) is 0 Å². The number of carbonyl (C=O) groups excluding carboxylic acids is 2. The Bertz CT molecular complexity index is 1050. The summed E-state index contributed by atoms with van der Waals surface area (Å²) in [5, 5.41) is 85.2. The van der Waals surface area contributed by atoms with Crippen LogP contribution in [0.2, 0.25) is 0 Å². The largest absolute Gasteiger partial charge is 0.550 e. The van der Waals surface area contributed by atoms with Crippen molar-refractivity contribution in [3.05, 3.63) is 36.6 Å². The van der Waals surface area contributed by atoms with Crippen molar-refractivity contribution in [1.29, 1.82) is 0 Å². The first-order chi connectivity index (χ1) is 20.9. The van der Waals surface area contributed by atoms with Gasteiger partial charge in [-0.05, 0) is 6.42 Å². The van der Waals surface area contributed by atoms with E-state index in [1.54, 1.807) is 7.05 Å². The number of hydrogen-bond acceptors (Lipinski definition) is 15. The molecular weight excluding hydrogens is 592 g/mol. The Kier molecular flexibility index (Phi) is 12.8. The fourth-order valence-electron chi connectivity index (χ4n) is 5.70. The fourth-order valence-corrected chi connectivity index (χ4v) is 5.70. The number of quaternary nitrogens is 2. The van der Waals surface area contributed by atoms with Crippen molar-refractivity contribution in [3.63, 3.8) is 0 Å². The minimum absolute atomic E-state index is 0.128. The molecule has 0 aliphatic carbocycles. The van der Waals surface area contributed by atoms with Gasteiger partial charge in [-0.2, -0.15) is 0 Å². The van der Waals surface area contributed by atoms with Crippen LogP contribution in [0.5, 0.6) is 0 Å². The third-order valence-electron chi connectivity index (χ3n) is 7.97. The number of esters is 1. The monoisotopic (exact) mass is 635 g/mol. The quantitative estimate of drug-likeness (QED) is 0.0487. The average molecular weight is 636 g/mol. The van der Waals surface area contributed by atoms with E-state index in [1.165, 1.54) is 23.5 Å². The molecule has 0 amide bonds. The standard InChI is InChI=1S/C27H42N2O15/c1-3-17-24(44-25-21(41-13-28-2)27(38,39)20(33)19(11-31)43-25)40-12-18(23(36)42-14-32)26(17,37)5-4-15-8-16(22(34)35)10-29(9-15)6-7-30/h3-5,12,15-17,19-21,24-25,28,30-33,37-39H,1,6-11,13-14H2,2H3,(H,34,35)/p+1. The maximum atomic E-state index is 12.8. The lowest BCUT2D eigenvalue weighted by molar-refractivity contribution is -0.911. The van der Waals surface area contributed by atoms with E-state index in [0.29, 0.717) is 6.54 Å². The molecule has 3 aliphatic rings. The molecule has 3 aliphatic heterocycles. The van der Waals surface area contributed by atoms with Gasteiger partial charge in [0, 0.05) is 11.8 Å². The van der Waals surface area contributed by atoms with Crippen molar-refractivity contribution in [2.45, 2.75) is 48.7 Å². The molecule has 10 atom stereocenters. The van der Waals surface area contributed by atoms with Crippen LogP contribution in [0.25, 0.3) is 0 Å². The average Bonchev–Trinajstić information content (AvgIpc) is 2.98. The predicted molar refractivity (Wildman–Crippen MR) is 141 cm³/mol. The second-order valence-electron chi connectivity index (χ2n) is 10.9. The number of nitrogens with two attached hydrogens (primary N) is 1. The summed E-state index contributed by atoms with van der Waals surface area (Å²) in [6.45, 7) is 2.48. The summed E-state index contributed by atoms with van der Waals surface area (Å²) < 4.78 is 27.2. The van der Waals surface area contributed by atoms with Crippen molar-refractivity contribution >= 4 is 11.9 Å². The highest BCUT2D eigenvalue weighted by molar-refractivity contribution is 5.91. The molecule has 44 heavy (non-hydrogen) atoms. The van der Waals surface area contributed by atoms with Crippen LogP contribution in [0, 0.1) is 17.8 Å². The number of nitrogens with one attached hydrogen (secondary N) is 1. The number of aliphatic carboxylic acids is 1. The zero-order valence-corrected chi connectivity index (χ0v) is 24.3. The van der Waals surface area contributed by atoms with Gasteiger partial charge in [0.15, 0.2) is 25.9 Å². The summed E-state index contributed by atoms with van der Waals surface area (Å²) in [6, 6.07) is 0. The molecule has 0 aromatic carbocycles. The summed E-state index contributed by atoms with van der Waals surface area (Å²) in [7, 11) is 1.62. The molecule has 250 valence electrons. The molecule has 0 radical (unpaired) electrons. The number of aliphatic hydroxyl groups is 7. The third-order valence-corrected chi connectivity index (χ3v) is 7.97. The van der Waals surface area contributed by atoms with Gasteiger partial charge in [-0.15, -0.1) is 6.58 Å². The number of carboxylic acids is 1. The third kappa shape index (κ3) is 7.82. The van der Waals surface area contributed by atoms with E-state index in [4.69, 9.17) is 18.9 Å². The summed E-state index contributed by atoms with van der Waals surface area (Å²) in [5.74, 6) is -8.00. The normalized spacial score (nSPS) is 37.2. The lowest BCUT2D eigenvalue weighted by atomic mass is 9.77. The van der Waals surface area contributed by atoms with Gasteiger partial charge in [0.05, 0.1) is 45.2 Å². The van der Waals surface area contributed by atoms with E-state index in [9.17, 15) is 50.4 Å². The van der Waals surface area contributed by atoms with Gasteiger partial charge in [0.2, 0.25) is 12.1 Å². The first-order valence-electron chi connectivity index (χ1n) is 14.1. The smallest absolute Gasteiger partial charge is 0.342 e. The second-order valence-corrected chi connectivity index (χ2v) is 10.9. The van der Waals surface area contributed by atoms with Crippen molar-refractivity contribution in [2.24, 2.45) is 17.8 Å². The molecular formula is C27H43N2O15+. The zero-order chi connectivity index (χ0) is 32.7. The van der Waals surface area contributed by atoms with Crippen LogP contribution in [0.1, 0.15) is 6.42 Å². The van der Waals surface area contributed by atoms with Crippen LogP contribution < -0.4 is 15.3 Å². The highest BCUT2D eigenvalue weighted by atomic mass is 16.8. The van der Waals surface area contributed by atoms with Gasteiger partial charge < -0.3 is 79.5 Å². The number of hydrogen-bond donors (Lipinski definition) is 9. The fraction of sp³-hybridized carbons (Fsp3) is 0.704. The van der Waals surface area contributed by atoms with Crippen LogP contribution in [-0.4, -0.2) is 143 Å². The molecule has 0 aromatic rings. The van der Waals surface area contributed by atoms with Crippen molar-refractivity contribution in [1.82, 2.24) is 0 Å². The van der Waals surface area contributed by atoms with E-state index in [2.05, 4.69) is 11.3 Å². The zero-order valence-electron chi connectivity index (χ0n) is 24.3. The van der Waals surface area contributed by atoms with Gasteiger partial charge in [-0.3, -0.25) is 0 Å². The number of likely N-dealkylation sites (tertiary alicyclic amines) is 1. The Morgan fingerprint density at radius 2 is 1.95 bits per heavy atom. The Balaban J connectivity index is 1.97. The number of piperidine rings is 1. The van der Waals surface area contributed by atoms with E-state index in [0.717, 1.165) is 11.2 Å². The molecule has 10 unspecified atom stereocenters. The molecule has 0 bridgehead atoms. The Labute approximate surface area is 253 Å². The summed E-state index contributed by atoms with van der Waals surface area (Å²) in [4.78, 5) is 25.3. The molecule has 2 saturated heterocycles. The predicted octanol–water partition coefficient (Wildman–Crippen LogP) is -7.62. The lowest BCUT2D eigenvalue weighted by Gasteiger charge is -2.48. The van der Waals surface area contributed by atoms with Gasteiger partial charge in [-0.1, -0.05) is 18.2 Å². The summed E-state index contributed by atoms with van der Waals surface area (Å²) in [6.07, 6.45) is -3.63. The highest BCUT2D eigenvalue weighted by Crippen LogP contribution is 2.40. The molecule has 17 heteroatoms. The van der Waals surface area contributed by atoms with Crippen LogP contribution in [0.3, 0.4) is 0 Å². The molecule has 3 heterocycles. The van der Waals surface area contributed by atoms with Crippen LogP contribution in [-0.2, 0) is 33.3 Å². The van der Waals surface area contributed by atoms with Gasteiger partial charge in [0.25, 0.3) is 0 Å². The highest BCUT2D eigenvalue weighted by Gasteiger charge is 2.58. The number of ether oxygens (including phenoxy) is 5. The Morgan fingerprint density at radius 3 is 2.55 bits per heavy atom. The van der Waals surface area contributed by atoms with Crippen LogP contribution in [0.4, 0.5) is 0 Å². The first-order valence-corrected chi connectivity index (χ1v) is 14.1. The number of carbonyl (C=O) groups is 2.